The largest absolute Gasteiger partial charge is 0.496 e. The van der Waals surface area contributed by atoms with Crippen molar-refractivity contribution in [1.82, 2.24) is 0 Å². The molecule has 0 amide bonds. The summed E-state index contributed by atoms with van der Waals surface area (Å²) in [6.07, 6.45) is -1.17. The quantitative estimate of drug-likeness (QED) is 0.826. The van der Waals surface area contributed by atoms with E-state index in [1.165, 1.54) is 19.2 Å². The summed E-state index contributed by atoms with van der Waals surface area (Å²) in [5.41, 5.74) is 1.33. The second-order valence-electron chi connectivity index (χ2n) is 4.77. The predicted octanol–water partition coefficient (Wildman–Crippen LogP) is 4.32. The van der Waals surface area contributed by atoms with Gasteiger partial charge in [-0.05, 0) is 52.2 Å². The molecule has 2 aromatic carbocycles. The Morgan fingerprint density at radius 1 is 1.24 bits per heavy atom. The standard InChI is InChI=1S/C16H15BrF2O2/c1-9-3-4-10(7-15(9)21-2)14(20)8-11-13(18)6-5-12(17)16(11)19/h3-7,14,20H,8H2,1-2H3. The number of hydrogen-bond donors (Lipinski definition) is 1. The molecule has 0 radical (unpaired) electrons. The van der Waals surface area contributed by atoms with Crippen LogP contribution in [-0.2, 0) is 6.42 Å². The van der Waals surface area contributed by atoms with Crippen LogP contribution < -0.4 is 4.74 Å². The van der Waals surface area contributed by atoms with Gasteiger partial charge in [0.2, 0.25) is 0 Å². The summed E-state index contributed by atoms with van der Waals surface area (Å²) in [6.45, 7) is 1.88. The van der Waals surface area contributed by atoms with Gasteiger partial charge >= 0.3 is 0 Å². The van der Waals surface area contributed by atoms with Crippen LogP contribution in [0.2, 0.25) is 0 Å². The second-order valence-corrected chi connectivity index (χ2v) is 5.63. The molecule has 0 bridgehead atoms. The number of hydrogen-bond acceptors (Lipinski definition) is 2. The molecule has 2 nitrogen and oxygen atoms in total. The van der Waals surface area contributed by atoms with E-state index in [2.05, 4.69) is 15.9 Å². The Morgan fingerprint density at radius 2 is 1.95 bits per heavy atom. The molecular weight excluding hydrogens is 342 g/mol. The van der Waals surface area contributed by atoms with E-state index in [1.807, 2.05) is 6.92 Å². The topological polar surface area (TPSA) is 29.5 Å². The fourth-order valence-corrected chi connectivity index (χ4v) is 2.48. The minimum atomic E-state index is -1.02. The SMILES string of the molecule is COc1cc(C(O)Cc2c(F)ccc(Br)c2F)ccc1C. The normalized spacial score (nSPS) is 12.3. The molecule has 2 rings (SSSR count). The Kier molecular flexibility index (Phi) is 4.96. The molecule has 0 fully saturated rings. The molecule has 0 spiro atoms. The average molecular weight is 357 g/mol. The molecule has 0 aromatic heterocycles. The Hall–Kier alpha value is -1.46. The molecule has 0 aliphatic rings. The van der Waals surface area contributed by atoms with E-state index in [1.54, 1.807) is 18.2 Å². The zero-order valence-electron chi connectivity index (χ0n) is 11.7. The van der Waals surface area contributed by atoms with Gasteiger partial charge in [0.25, 0.3) is 0 Å². The Morgan fingerprint density at radius 3 is 2.62 bits per heavy atom. The monoisotopic (exact) mass is 356 g/mol. The van der Waals surface area contributed by atoms with Gasteiger partial charge in [0.1, 0.15) is 17.4 Å². The highest BCUT2D eigenvalue weighted by Gasteiger charge is 2.18. The molecule has 1 unspecified atom stereocenters. The number of methoxy groups -OCH3 is 1. The fourth-order valence-electron chi connectivity index (χ4n) is 2.11. The molecule has 0 aliphatic heterocycles. The lowest BCUT2D eigenvalue weighted by atomic mass is 9.99. The van der Waals surface area contributed by atoms with Gasteiger partial charge in [-0.2, -0.15) is 0 Å². The van der Waals surface area contributed by atoms with E-state index < -0.39 is 17.7 Å². The van der Waals surface area contributed by atoms with Crippen molar-refractivity contribution in [1.29, 1.82) is 0 Å². The molecular formula is C16H15BrF2O2. The second kappa shape index (κ2) is 6.54. The Labute approximate surface area is 130 Å². The molecule has 21 heavy (non-hydrogen) atoms. The van der Waals surface area contributed by atoms with E-state index in [0.717, 1.165) is 5.56 Å². The van der Waals surface area contributed by atoms with Crippen molar-refractivity contribution in [2.45, 2.75) is 19.4 Å². The Balaban J connectivity index is 2.30. The van der Waals surface area contributed by atoms with Crippen LogP contribution in [-0.4, -0.2) is 12.2 Å². The van der Waals surface area contributed by atoms with Crippen molar-refractivity contribution < 1.29 is 18.6 Å². The van der Waals surface area contributed by atoms with Crippen LogP contribution in [0.4, 0.5) is 8.78 Å². The van der Waals surface area contributed by atoms with E-state index in [9.17, 15) is 13.9 Å². The summed E-state index contributed by atoms with van der Waals surface area (Å²) < 4.78 is 33.0. The molecule has 0 saturated heterocycles. The van der Waals surface area contributed by atoms with Gasteiger partial charge < -0.3 is 9.84 Å². The van der Waals surface area contributed by atoms with Crippen molar-refractivity contribution in [3.05, 3.63) is 63.1 Å². The van der Waals surface area contributed by atoms with Crippen molar-refractivity contribution in [2.75, 3.05) is 7.11 Å². The number of halogens is 3. The first-order chi connectivity index (χ1) is 9.93. The van der Waals surface area contributed by atoms with Crippen LogP contribution in [0.15, 0.2) is 34.8 Å². The Bertz CT molecular complexity index is 659. The summed E-state index contributed by atoms with van der Waals surface area (Å²) in [5.74, 6) is -0.733. The van der Waals surface area contributed by atoms with Crippen molar-refractivity contribution >= 4 is 15.9 Å². The molecule has 1 atom stereocenters. The zero-order chi connectivity index (χ0) is 15.6. The third-order valence-electron chi connectivity index (χ3n) is 3.35. The smallest absolute Gasteiger partial charge is 0.143 e. The number of aryl methyl sites for hydroxylation is 1. The lowest BCUT2D eigenvalue weighted by Crippen LogP contribution is -2.07. The zero-order valence-corrected chi connectivity index (χ0v) is 13.2. The molecule has 5 heteroatoms. The van der Waals surface area contributed by atoms with Crippen LogP contribution >= 0.6 is 15.9 Å². The summed E-state index contributed by atoms with van der Waals surface area (Å²) in [6, 6.07) is 7.66. The molecule has 0 heterocycles. The van der Waals surface area contributed by atoms with Gasteiger partial charge in [-0.3, -0.25) is 0 Å². The van der Waals surface area contributed by atoms with Crippen LogP contribution in [0.3, 0.4) is 0 Å². The van der Waals surface area contributed by atoms with Gasteiger partial charge in [0.05, 0.1) is 17.7 Å². The first-order valence-electron chi connectivity index (χ1n) is 6.39. The first kappa shape index (κ1) is 15.9. The van der Waals surface area contributed by atoms with Crippen LogP contribution in [0.1, 0.15) is 22.8 Å². The number of aliphatic hydroxyl groups excluding tert-OH is 1. The van der Waals surface area contributed by atoms with E-state index in [4.69, 9.17) is 4.74 Å². The third kappa shape index (κ3) is 3.41. The highest BCUT2D eigenvalue weighted by Crippen LogP contribution is 2.29. The highest BCUT2D eigenvalue weighted by molar-refractivity contribution is 9.10. The number of benzene rings is 2. The minimum Gasteiger partial charge on any atom is -0.496 e. The third-order valence-corrected chi connectivity index (χ3v) is 3.97. The lowest BCUT2D eigenvalue weighted by molar-refractivity contribution is 0.175. The van der Waals surface area contributed by atoms with Gasteiger partial charge in [0, 0.05) is 12.0 Å². The van der Waals surface area contributed by atoms with Gasteiger partial charge in [-0.1, -0.05) is 12.1 Å². The summed E-state index contributed by atoms with van der Waals surface area (Å²) in [4.78, 5) is 0. The molecule has 0 saturated carbocycles. The number of aliphatic hydroxyl groups is 1. The van der Waals surface area contributed by atoms with E-state index >= 15 is 0 Å². The molecule has 0 aliphatic carbocycles. The van der Waals surface area contributed by atoms with Crippen molar-refractivity contribution in [2.24, 2.45) is 0 Å². The van der Waals surface area contributed by atoms with Crippen molar-refractivity contribution in [3.63, 3.8) is 0 Å². The van der Waals surface area contributed by atoms with Gasteiger partial charge in [-0.15, -0.1) is 0 Å². The summed E-state index contributed by atoms with van der Waals surface area (Å²) in [5, 5.41) is 10.2. The first-order valence-corrected chi connectivity index (χ1v) is 7.18. The lowest BCUT2D eigenvalue weighted by Gasteiger charge is -2.15. The average Bonchev–Trinajstić information content (AvgIpc) is 2.48. The van der Waals surface area contributed by atoms with E-state index in [-0.39, 0.29) is 16.5 Å². The van der Waals surface area contributed by atoms with Crippen LogP contribution in [0.25, 0.3) is 0 Å². The van der Waals surface area contributed by atoms with Gasteiger partial charge in [-0.25, -0.2) is 8.78 Å². The highest BCUT2D eigenvalue weighted by atomic mass is 79.9. The summed E-state index contributed by atoms with van der Waals surface area (Å²) in [7, 11) is 1.53. The maximum absolute atomic E-state index is 13.9. The number of ether oxygens (including phenoxy) is 1. The van der Waals surface area contributed by atoms with Gasteiger partial charge in [0.15, 0.2) is 0 Å². The molecule has 2 aromatic rings. The van der Waals surface area contributed by atoms with Crippen molar-refractivity contribution in [3.8, 4) is 5.75 Å². The predicted molar refractivity (Wildman–Crippen MR) is 80.5 cm³/mol. The summed E-state index contributed by atoms with van der Waals surface area (Å²) >= 11 is 3.02. The number of rotatable bonds is 4. The molecule has 1 N–H and O–H groups in total. The maximum atomic E-state index is 13.9. The fraction of sp³-hybridized carbons (Fsp3) is 0.250. The van der Waals surface area contributed by atoms with Crippen LogP contribution in [0.5, 0.6) is 5.75 Å². The van der Waals surface area contributed by atoms with E-state index in [0.29, 0.717) is 11.3 Å². The molecule has 112 valence electrons. The minimum absolute atomic E-state index is 0.142. The maximum Gasteiger partial charge on any atom is 0.143 e. The van der Waals surface area contributed by atoms with Crippen LogP contribution in [0, 0.1) is 18.6 Å².